The Balaban J connectivity index is 1.77. The minimum atomic E-state index is -3.03. The molecule has 0 bridgehead atoms. The van der Waals surface area contributed by atoms with Crippen LogP contribution in [0, 0.1) is 0 Å². The van der Waals surface area contributed by atoms with Gasteiger partial charge in [-0.3, -0.25) is 9.69 Å². The molecule has 2 aromatic rings. The predicted octanol–water partition coefficient (Wildman–Crippen LogP) is 2.08. The second-order valence-corrected chi connectivity index (χ2v) is 11.3. The molecule has 2 atom stereocenters. The van der Waals surface area contributed by atoms with Crippen molar-refractivity contribution in [2.24, 2.45) is 0 Å². The molecule has 1 saturated heterocycles. The van der Waals surface area contributed by atoms with Gasteiger partial charge in [0, 0.05) is 13.1 Å². The molecule has 8 nitrogen and oxygen atoms in total. The smallest absolute Gasteiger partial charge is 0.233 e. The van der Waals surface area contributed by atoms with Crippen LogP contribution < -0.4 is 0 Å². The number of thioether (sulfide) groups is 1. The van der Waals surface area contributed by atoms with E-state index < -0.39 is 9.84 Å². The van der Waals surface area contributed by atoms with Gasteiger partial charge in [0.2, 0.25) is 5.91 Å². The minimum Gasteiger partial charge on any atom is -0.341 e. The zero-order chi connectivity index (χ0) is 22.6. The largest absolute Gasteiger partial charge is 0.341 e. The molecule has 1 amide bonds. The van der Waals surface area contributed by atoms with E-state index in [-0.39, 0.29) is 35.2 Å². The lowest BCUT2D eigenvalue weighted by molar-refractivity contribution is -0.128. The second-order valence-electron chi connectivity index (χ2n) is 8.15. The van der Waals surface area contributed by atoms with Gasteiger partial charge in [0.05, 0.1) is 29.8 Å². The van der Waals surface area contributed by atoms with E-state index in [1.807, 2.05) is 32.3 Å². The first-order valence-corrected chi connectivity index (χ1v) is 13.2. The van der Waals surface area contributed by atoms with Crippen LogP contribution in [-0.4, -0.2) is 83.3 Å². The van der Waals surface area contributed by atoms with Gasteiger partial charge >= 0.3 is 0 Å². The topological polar surface area (TPSA) is 88.4 Å². The number of carbonyl (C=O) groups is 1. The Morgan fingerprint density at radius 3 is 2.52 bits per heavy atom. The van der Waals surface area contributed by atoms with Crippen LogP contribution in [0.1, 0.15) is 37.2 Å². The van der Waals surface area contributed by atoms with Crippen LogP contribution in [0.5, 0.6) is 0 Å². The second kappa shape index (κ2) is 10.1. The highest BCUT2D eigenvalue weighted by Gasteiger charge is 2.33. The molecule has 170 valence electrons. The monoisotopic (exact) mass is 465 g/mol. The first-order chi connectivity index (χ1) is 14.7. The molecule has 1 aliphatic heterocycles. The van der Waals surface area contributed by atoms with Crippen LogP contribution in [0.2, 0.25) is 0 Å². The molecule has 1 fully saturated rings. The summed E-state index contributed by atoms with van der Waals surface area (Å²) in [6, 6.07) is 10.00. The van der Waals surface area contributed by atoms with Gasteiger partial charge in [0.15, 0.2) is 20.8 Å². The maximum Gasteiger partial charge on any atom is 0.233 e. The number of sulfone groups is 1. The molecule has 1 aliphatic rings. The van der Waals surface area contributed by atoms with Crippen LogP contribution in [0.4, 0.5) is 0 Å². The zero-order valence-electron chi connectivity index (χ0n) is 18.6. The Morgan fingerprint density at radius 2 is 1.94 bits per heavy atom. The van der Waals surface area contributed by atoms with Crippen LogP contribution in [0.25, 0.3) is 0 Å². The molecule has 1 aromatic carbocycles. The Kier molecular flexibility index (Phi) is 7.77. The summed E-state index contributed by atoms with van der Waals surface area (Å²) in [6.45, 7) is 2.74. The fourth-order valence-corrected chi connectivity index (χ4v) is 6.50. The minimum absolute atomic E-state index is 0.0509. The van der Waals surface area contributed by atoms with Crippen LogP contribution in [-0.2, 0) is 21.2 Å². The molecule has 2 heterocycles. The van der Waals surface area contributed by atoms with Crippen molar-refractivity contribution in [2.45, 2.75) is 43.6 Å². The van der Waals surface area contributed by atoms with Crippen molar-refractivity contribution in [1.29, 1.82) is 0 Å². The first-order valence-electron chi connectivity index (χ1n) is 10.4. The van der Waals surface area contributed by atoms with Gasteiger partial charge in [-0.25, -0.2) is 8.42 Å². The van der Waals surface area contributed by atoms with Gasteiger partial charge in [0.25, 0.3) is 0 Å². The summed E-state index contributed by atoms with van der Waals surface area (Å²) < 4.78 is 25.6. The highest BCUT2D eigenvalue weighted by molar-refractivity contribution is 7.99. The SMILES string of the molecule is CC[C@H](c1nnc(SCC(=O)N(C)[C@H]2CCS(=O)(=O)C2)n1Cc1ccccc1)N(C)C. The Morgan fingerprint density at radius 1 is 1.23 bits per heavy atom. The highest BCUT2D eigenvalue weighted by atomic mass is 32.2. The Hall–Kier alpha value is -1.91. The van der Waals surface area contributed by atoms with Crippen molar-refractivity contribution in [3.63, 3.8) is 0 Å². The molecule has 0 N–H and O–H groups in total. The van der Waals surface area contributed by atoms with E-state index in [9.17, 15) is 13.2 Å². The third-order valence-electron chi connectivity index (χ3n) is 5.71. The molecule has 0 saturated carbocycles. The van der Waals surface area contributed by atoms with E-state index in [1.54, 1.807) is 11.9 Å². The quantitative estimate of drug-likeness (QED) is 0.524. The Labute approximate surface area is 188 Å². The van der Waals surface area contributed by atoms with Gasteiger partial charge in [0.1, 0.15) is 0 Å². The van der Waals surface area contributed by atoms with Crippen molar-refractivity contribution in [2.75, 3.05) is 38.4 Å². The van der Waals surface area contributed by atoms with E-state index >= 15 is 0 Å². The lowest BCUT2D eigenvalue weighted by Crippen LogP contribution is -2.38. The maximum absolute atomic E-state index is 12.7. The fraction of sp³-hybridized carbons (Fsp3) is 0.571. The molecule has 0 aliphatic carbocycles. The van der Waals surface area contributed by atoms with Crippen molar-refractivity contribution in [3.05, 3.63) is 41.7 Å². The average Bonchev–Trinajstić information content (AvgIpc) is 3.29. The van der Waals surface area contributed by atoms with Gasteiger partial charge in [-0.15, -0.1) is 10.2 Å². The fourth-order valence-electron chi connectivity index (χ4n) is 3.86. The molecule has 0 unspecified atom stereocenters. The lowest BCUT2D eigenvalue weighted by atomic mass is 10.2. The number of hydrogen-bond acceptors (Lipinski definition) is 7. The first kappa shape index (κ1) is 23.7. The molecule has 0 radical (unpaired) electrons. The number of benzene rings is 1. The predicted molar refractivity (Wildman–Crippen MR) is 123 cm³/mol. The average molecular weight is 466 g/mol. The molecular formula is C21H31N5O3S2. The standard InChI is InChI=1S/C21H31N5O3S2/c1-5-18(24(2)3)20-22-23-21(26(20)13-16-9-7-6-8-10-16)30-14-19(27)25(4)17-11-12-31(28,29)15-17/h6-10,17-18H,5,11-15H2,1-4H3/t17-,18+/m0/s1. The summed E-state index contributed by atoms with van der Waals surface area (Å²) in [5.74, 6) is 1.18. The number of hydrogen-bond donors (Lipinski definition) is 0. The summed E-state index contributed by atoms with van der Waals surface area (Å²) in [4.78, 5) is 16.4. The van der Waals surface area contributed by atoms with E-state index in [0.717, 1.165) is 17.8 Å². The van der Waals surface area contributed by atoms with Crippen LogP contribution in [0.15, 0.2) is 35.5 Å². The van der Waals surface area contributed by atoms with Gasteiger partial charge < -0.3 is 9.47 Å². The molecule has 31 heavy (non-hydrogen) atoms. The molecule has 3 rings (SSSR count). The highest BCUT2D eigenvalue weighted by Crippen LogP contribution is 2.27. The van der Waals surface area contributed by atoms with E-state index in [4.69, 9.17) is 0 Å². The number of aromatic nitrogens is 3. The van der Waals surface area contributed by atoms with E-state index in [0.29, 0.717) is 18.1 Å². The van der Waals surface area contributed by atoms with Crippen molar-refractivity contribution in [3.8, 4) is 0 Å². The summed E-state index contributed by atoms with van der Waals surface area (Å²) in [7, 11) is 2.71. The number of carbonyl (C=O) groups excluding carboxylic acids is 1. The maximum atomic E-state index is 12.7. The Bertz CT molecular complexity index is 992. The zero-order valence-corrected chi connectivity index (χ0v) is 20.2. The third kappa shape index (κ3) is 5.87. The summed E-state index contributed by atoms with van der Waals surface area (Å²) in [5.41, 5.74) is 1.14. The normalized spacial score (nSPS) is 18.9. The van der Waals surface area contributed by atoms with Crippen molar-refractivity contribution in [1.82, 2.24) is 24.6 Å². The van der Waals surface area contributed by atoms with Gasteiger partial charge in [-0.05, 0) is 32.5 Å². The number of rotatable bonds is 9. The van der Waals surface area contributed by atoms with E-state index in [1.165, 1.54) is 11.8 Å². The summed E-state index contributed by atoms with van der Waals surface area (Å²) in [6.07, 6.45) is 1.40. The number of nitrogens with zero attached hydrogens (tertiary/aromatic N) is 5. The summed E-state index contributed by atoms with van der Waals surface area (Å²) >= 11 is 1.35. The van der Waals surface area contributed by atoms with Crippen molar-refractivity contribution < 1.29 is 13.2 Å². The molecule has 1 aromatic heterocycles. The number of amides is 1. The third-order valence-corrected chi connectivity index (χ3v) is 8.41. The molecule has 10 heteroatoms. The molecular weight excluding hydrogens is 434 g/mol. The van der Waals surface area contributed by atoms with E-state index in [2.05, 4.69) is 38.7 Å². The van der Waals surface area contributed by atoms with Gasteiger partial charge in [-0.1, -0.05) is 49.0 Å². The van der Waals surface area contributed by atoms with Crippen LogP contribution >= 0.6 is 11.8 Å². The van der Waals surface area contributed by atoms with Crippen molar-refractivity contribution >= 4 is 27.5 Å². The molecule has 0 spiro atoms. The summed E-state index contributed by atoms with van der Waals surface area (Å²) in [5, 5.41) is 9.56. The van der Waals surface area contributed by atoms with Gasteiger partial charge in [-0.2, -0.15) is 0 Å². The lowest BCUT2D eigenvalue weighted by Gasteiger charge is -2.24. The van der Waals surface area contributed by atoms with Crippen LogP contribution in [0.3, 0.4) is 0 Å².